The van der Waals surface area contributed by atoms with Crippen molar-refractivity contribution in [2.24, 2.45) is 5.73 Å². The highest BCUT2D eigenvalue weighted by Crippen LogP contribution is 2.32. The van der Waals surface area contributed by atoms with E-state index in [0.29, 0.717) is 6.04 Å². The van der Waals surface area contributed by atoms with Crippen molar-refractivity contribution in [3.05, 3.63) is 0 Å². The molecule has 1 aliphatic rings. The van der Waals surface area contributed by atoms with Gasteiger partial charge < -0.3 is 20.9 Å². The predicted molar refractivity (Wildman–Crippen MR) is 74.4 cm³/mol. The number of hydrogen-bond donors (Lipinski definition) is 2. The van der Waals surface area contributed by atoms with E-state index in [2.05, 4.69) is 36.3 Å². The second kappa shape index (κ2) is 6.50. The molecule has 1 saturated carbocycles. The molecule has 0 aromatic carbocycles. The van der Waals surface area contributed by atoms with E-state index in [1.807, 2.05) is 7.05 Å². The Morgan fingerprint density at radius 1 is 1.39 bits per heavy atom. The highest BCUT2D eigenvalue weighted by Gasteiger charge is 2.43. The van der Waals surface area contributed by atoms with Gasteiger partial charge in [-0.15, -0.1) is 0 Å². The first-order chi connectivity index (χ1) is 8.41. The Labute approximate surface area is 111 Å². The fraction of sp³-hybridized carbons (Fsp3) is 0.923. The normalized spacial score (nSPS) is 28.2. The van der Waals surface area contributed by atoms with Crippen molar-refractivity contribution < 1.29 is 4.79 Å². The molecule has 0 spiro atoms. The third-order valence-corrected chi connectivity index (χ3v) is 4.18. The maximum Gasteiger partial charge on any atom is 0.237 e. The molecular formula is C13H28N4O. The van der Waals surface area contributed by atoms with Crippen molar-refractivity contribution in [1.29, 1.82) is 0 Å². The van der Waals surface area contributed by atoms with Crippen LogP contribution in [-0.2, 0) is 4.79 Å². The Balaban J connectivity index is 2.43. The second-order valence-electron chi connectivity index (χ2n) is 5.73. The molecular weight excluding hydrogens is 228 g/mol. The molecule has 0 radical (unpaired) electrons. The summed E-state index contributed by atoms with van der Waals surface area (Å²) < 4.78 is 0. The lowest BCUT2D eigenvalue weighted by Gasteiger charge is -2.28. The van der Waals surface area contributed by atoms with Crippen molar-refractivity contribution in [2.45, 2.75) is 37.3 Å². The van der Waals surface area contributed by atoms with E-state index in [9.17, 15) is 4.79 Å². The van der Waals surface area contributed by atoms with E-state index >= 15 is 0 Å². The van der Waals surface area contributed by atoms with E-state index < -0.39 is 5.54 Å². The van der Waals surface area contributed by atoms with Gasteiger partial charge >= 0.3 is 0 Å². The van der Waals surface area contributed by atoms with Gasteiger partial charge in [0.05, 0.1) is 5.54 Å². The summed E-state index contributed by atoms with van der Waals surface area (Å²) in [5.41, 5.74) is 5.03. The number of nitrogens with zero attached hydrogens (tertiary/aromatic N) is 2. The summed E-state index contributed by atoms with van der Waals surface area (Å²) in [6.45, 7) is 2.17. The zero-order valence-corrected chi connectivity index (χ0v) is 12.2. The molecule has 106 valence electrons. The molecule has 1 amide bonds. The molecule has 0 saturated heterocycles. The number of carbonyl (C=O) groups excluding carboxylic acids is 1. The average molecular weight is 256 g/mol. The van der Waals surface area contributed by atoms with Crippen LogP contribution in [0.1, 0.15) is 25.7 Å². The standard InChI is InChI=1S/C13H28N4O/c1-15-13(12(14)18)7-6-11(10-13)17(4)9-5-8-16(2)3/h11,15H,5-10H2,1-4H3,(H2,14,18). The zero-order chi connectivity index (χ0) is 13.8. The Kier molecular flexibility index (Phi) is 5.56. The van der Waals surface area contributed by atoms with Crippen LogP contribution in [0.5, 0.6) is 0 Å². The number of carbonyl (C=O) groups is 1. The maximum atomic E-state index is 11.6. The smallest absolute Gasteiger partial charge is 0.237 e. The third kappa shape index (κ3) is 3.67. The number of nitrogens with two attached hydrogens (primary N) is 1. The van der Waals surface area contributed by atoms with E-state index in [1.54, 1.807) is 0 Å². The Morgan fingerprint density at radius 3 is 2.50 bits per heavy atom. The lowest BCUT2D eigenvalue weighted by molar-refractivity contribution is -0.124. The molecule has 0 aromatic heterocycles. The highest BCUT2D eigenvalue weighted by atomic mass is 16.1. The van der Waals surface area contributed by atoms with Crippen LogP contribution in [0, 0.1) is 0 Å². The molecule has 2 unspecified atom stereocenters. The van der Waals surface area contributed by atoms with Crippen molar-refractivity contribution in [2.75, 3.05) is 41.3 Å². The molecule has 3 N–H and O–H groups in total. The average Bonchev–Trinajstić information content (AvgIpc) is 2.74. The van der Waals surface area contributed by atoms with Crippen molar-refractivity contribution >= 4 is 5.91 Å². The van der Waals surface area contributed by atoms with Crippen LogP contribution < -0.4 is 11.1 Å². The van der Waals surface area contributed by atoms with Gasteiger partial charge in [-0.05, 0) is 67.0 Å². The first-order valence-corrected chi connectivity index (χ1v) is 6.75. The first-order valence-electron chi connectivity index (χ1n) is 6.75. The number of primary amides is 1. The topological polar surface area (TPSA) is 61.6 Å². The minimum Gasteiger partial charge on any atom is -0.368 e. The van der Waals surface area contributed by atoms with Crippen LogP contribution in [0.3, 0.4) is 0 Å². The lowest BCUT2D eigenvalue weighted by atomic mass is 9.96. The number of amides is 1. The number of rotatable bonds is 7. The quantitative estimate of drug-likeness (QED) is 0.666. The summed E-state index contributed by atoms with van der Waals surface area (Å²) in [7, 11) is 8.16. The fourth-order valence-corrected chi connectivity index (χ4v) is 2.79. The lowest BCUT2D eigenvalue weighted by Crippen LogP contribution is -2.53. The molecule has 18 heavy (non-hydrogen) atoms. The maximum absolute atomic E-state index is 11.6. The van der Waals surface area contributed by atoms with Gasteiger partial charge in [0.25, 0.3) is 0 Å². The predicted octanol–water partition coefficient (Wildman–Crippen LogP) is -0.134. The Hall–Kier alpha value is -0.650. The van der Waals surface area contributed by atoms with Crippen LogP contribution in [-0.4, -0.2) is 68.6 Å². The molecule has 1 aliphatic carbocycles. The van der Waals surface area contributed by atoms with Gasteiger partial charge in [0.2, 0.25) is 5.91 Å². The molecule has 1 rings (SSSR count). The van der Waals surface area contributed by atoms with Gasteiger partial charge in [0, 0.05) is 6.04 Å². The molecule has 5 heteroatoms. The van der Waals surface area contributed by atoms with Crippen molar-refractivity contribution in [1.82, 2.24) is 15.1 Å². The summed E-state index contributed by atoms with van der Waals surface area (Å²) in [5, 5.41) is 3.13. The van der Waals surface area contributed by atoms with Gasteiger partial charge in [-0.3, -0.25) is 4.79 Å². The van der Waals surface area contributed by atoms with Crippen LogP contribution in [0.4, 0.5) is 0 Å². The third-order valence-electron chi connectivity index (χ3n) is 4.18. The van der Waals surface area contributed by atoms with Crippen LogP contribution in [0.15, 0.2) is 0 Å². The van der Waals surface area contributed by atoms with Crippen molar-refractivity contribution in [3.63, 3.8) is 0 Å². The molecule has 0 bridgehead atoms. The Morgan fingerprint density at radius 2 is 2.06 bits per heavy atom. The van der Waals surface area contributed by atoms with Gasteiger partial charge in [0.1, 0.15) is 0 Å². The highest BCUT2D eigenvalue weighted by molar-refractivity contribution is 5.85. The molecule has 2 atom stereocenters. The number of likely N-dealkylation sites (N-methyl/N-ethyl adjacent to an activating group) is 1. The Bertz CT molecular complexity index is 282. The molecule has 0 heterocycles. The van der Waals surface area contributed by atoms with Gasteiger partial charge in [-0.1, -0.05) is 0 Å². The van der Waals surface area contributed by atoms with E-state index in [-0.39, 0.29) is 5.91 Å². The van der Waals surface area contributed by atoms with Gasteiger partial charge in [-0.25, -0.2) is 0 Å². The zero-order valence-electron chi connectivity index (χ0n) is 12.2. The molecule has 1 fully saturated rings. The van der Waals surface area contributed by atoms with Crippen LogP contribution >= 0.6 is 0 Å². The molecule has 0 aliphatic heterocycles. The van der Waals surface area contributed by atoms with Gasteiger partial charge in [-0.2, -0.15) is 0 Å². The van der Waals surface area contributed by atoms with E-state index in [4.69, 9.17) is 5.73 Å². The van der Waals surface area contributed by atoms with Crippen LogP contribution in [0.2, 0.25) is 0 Å². The monoisotopic (exact) mass is 256 g/mol. The second-order valence-corrected chi connectivity index (χ2v) is 5.73. The number of hydrogen-bond acceptors (Lipinski definition) is 4. The molecule has 5 nitrogen and oxygen atoms in total. The van der Waals surface area contributed by atoms with E-state index in [0.717, 1.165) is 38.8 Å². The largest absolute Gasteiger partial charge is 0.368 e. The summed E-state index contributed by atoms with van der Waals surface area (Å²) in [6.07, 6.45) is 3.88. The number of nitrogens with one attached hydrogen (secondary N) is 1. The van der Waals surface area contributed by atoms with Gasteiger partial charge in [0.15, 0.2) is 0 Å². The summed E-state index contributed by atoms with van der Waals surface area (Å²) in [6, 6.07) is 0.465. The molecule has 0 aromatic rings. The fourth-order valence-electron chi connectivity index (χ4n) is 2.79. The SMILES string of the molecule is CNC1(C(N)=O)CCC(N(C)CCCN(C)C)C1. The first kappa shape index (κ1) is 15.4. The minimum absolute atomic E-state index is 0.214. The summed E-state index contributed by atoms with van der Waals surface area (Å²) in [4.78, 5) is 16.1. The summed E-state index contributed by atoms with van der Waals surface area (Å²) in [5.74, 6) is -0.214. The van der Waals surface area contributed by atoms with Crippen molar-refractivity contribution in [3.8, 4) is 0 Å². The van der Waals surface area contributed by atoms with Crippen LogP contribution in [0.25, 0.3) is 0 Å². The minimum atomic E-state index is -0.486. The summed E-state index contributed by atoms with van der Waals surface area (Å²) >= 11 is 0. The van der Waals surface area contributed by atoms with E-state index in [1.165, 1.54) is 0 Å².